The van der Waals surface area contributed by atoms with Crippen LogP contribution in [0.3, 0.4) is 0 Å². The van der Waals surface area contributed by atoms with Crippen LogP contribution in [-0.2, 0) is 6.42 Å². The molecule has 0 aromatic heterocycles. The average molecular weight is 336 g/mol. The maximum absolute atomic E-state index is 14.7. The molecule has 0 saturated carbocycles. The van der Waals surface area contributed by atoms with E-state index in [9.17, 15) is 19.0 Å². The minimum Gasteiger partial charge on any atom is -0.508 e. The number of phenols is 2. The lowest BCUT2D eigenvalue weighted by Crippen LogP contribution is -1.95. The van der Waals surface area contributed by atoms with Crippen molar-refractivity contribution in [2.24, 2.45) is 0 Å². The third-order valence-corrected chi connectivity index (χ3v) is 4.47. The number of hydrogen-bond donors (Lipinski definition) is 2. The Kier molecular flexibility index (Phi) is 3.53. The SMILES string of the molecule is Oc1ccc(C2=C(c3ccccc3)c3c(cc(F)c(O)c3F)C2)cc1. The molecule has 2 N–H and O–H groups in total. The fourth-order valence-corrected chi connectivity index (χ4v) is 3.33. The van der Waals surface area contributed by atoms with E-state index in [0.717, 1.165) is 16.7 Å². The Labute approximate surface area is 143 Å². The third-order valence-electron chi connectivity index (χ3n) is 4.47. The summed E-state index contributed by atoms with van der Waals surface area (Å²) in [6.45, 7) is 0. The van der Waals surface area contributed by atoms with Gasteiger partial charge in [-0.25, -0.2) is 8.78 Å². The summed E-state index contributed by atoms with van der Waals surface area (Å²) in [5, 5.41) is 19.2. The molecule has 0 bridgehead atoms. The first-order valence-electron chi connectivity index (χ1n) is 7.84. The summed E-state index contributed by atoms with van der Waals surface area (Å²) in [6.07, 6.45) is 0.346. The third kappa shape index (κ3) is 2.47. The van der Waals surface area contributed by atoms with E-state index < -0.39 is 17.4 Å². The van der Waals surface area contributed by atoms with Gasteiger partial charge in [0.25, 0.3) is 0 Å². The summed E-state index contributed by atoms with van der Waals surface area (Å²) in [4.78, 5) is 0. The molecule has 3 aromatic carbocycles. The van der Waals surface area contributed by atoms with Gasteiger partial charge in [0.1, 0.15) is 5.75 Å². The predicted molar refractivity (Wildman–Crippen MR) is 92.2 cm³/mol. The summed E-state index contributed by atoms with van der Waals surface area (Å²) in [5.41, 5.74) is 3.78. The van der Waals surface area contributed by atoms with Gasteiger partial charge < -0.3 is 10.2 Å². The lowest BCUT2D eigenvalue weighted by molar-refractivity contribution is 0.395. The van der Waals surface area contributed by atoms with Gasteiger partial charge in [0.15, 0.2) is 17.4 Å². The van der Waals surface area contributed by atoms with E-state index in [1.807, 2.05) is 30.3 Å². The highest BCUT2D eigenvalue weighted by Gasteiger charge is 2.30. The molecule has 4 rings (SSSR count). The Bertz CT molecular complexity index is 991. The van der Waals surface area contributed by atoms with Crippen molar-refractivity contribution in [1.29, 1.82) is 0 Å². The summed E-state index contributed by atoms with van der Waals surface area (Å²) in [5.74, 6) is -2.73. The molecule has 0 amide bonds. The monoisotopic (exact) mass is 336 g/mol. The molecule has 25 heavy (non-hydrogen) atoms. The van der Waals surface area contributed by atoms with Crippen LogP contribution in [-0.4, -0.2) is 10.2 Å². The summed E-state index contributed by atoms with van der Waals surface area (Å²) in [7, 11) is 0. The van der Waals surface area contributed by atoms with Gasteiger partial charge in [-0.1, -0.05) is 42.5 Å². The first kappa shape index (κ1) is 15.4. The Morgan fingerprint density at radius 3 is 2.16 bits per heavy atom. The molecule has 3 aromatic rings. The van der Waals surface area contributed by atoms with Crippen molar-refractivity contribution in [3.63, 3.8) is 0 Å². The molecule has 0 unspecified atom stereocenters. The lowest BCUT2D eigenvalue weighted by atomic mass is 9.94. The van der Waals surface area contributed by atoms with Gasteiger partial charge in [0.05, 0.1) is 0 Å². The van der Waals surface area contributed by atoms with Crippen LogP contribution < -0.4 is 0 Å². The van der Waals surface area contributed by atoms with Gasteiger partial charge in [0.2, 0.25) is 0 Å². The zero-order valence-electron chi connectivity index (χ0n) is 13.1. The Morgan fingerprint density at radius 1 is 0.800 bits per heavy atom. The molecule has 0 saturated heterocycles. The van der Waals surface area contributed by atoms with Crippen LogP contribution in [0.5, 0.6) is 11.5 Å². The minimum absolute atomic E-state index is 0.135. The van der Waals surface area contributed by atoms with Gasteiger partial charge in [-0.05, 0) is 52.5 Å². The second-order valence-corrected chi connectivity index (χ2v) is 6.00. The molecule has 0 radical (unpaired) electrons. The maximum atomic E-state index is 14.7. The number of allylic oxidation sites excluding steroid dienone is 1. The van der Waals surface area contributed by atoms with Gasteiger partial charge in [-0.15, -0.1) is 0 Å². The first-order chi connectivity index (χ1) is 12.1. The normalized spacial score (nSPS) is 13.2. The highest BCUT2D eigenvalue weighted by atomic mass is 19.1. The fraction of sp³-hybridized carbons (Fsp3) is 0.0476. The lowest BCUT2D eigenvalue weighted by Gasteiger charge is -2.11. The molecular weight excluding hydrogens is 322 g/mol. The second kappa shape index (κ2) is 5.74. The standard InChI is InChI=1S/C21H14F2O2/c22-17-11-14-10-16(12-6-8-15(24)9-7-12)18(13-4-2-1-3-5-13)19(14)20(23)21(17)25/h1-9,11,24-25H,10H2. The van der Waals surface area contributed by atoms with Crippen molar-refractivity contribution >= 4 is 11.1 Å². The topological polar surface area (TPSA) is 40.5 Å². The number of hydrogen-bond acceptors (Lipinski definition) is 2. The number of fused-ring (bicyclic) bond motifs is 1. The highest BCUT2D eigenvalue weighted by molar-refractivity contribution is 6.04. The first-order valence-corrected chi connectivity index (χ1v) is 7.84. The van der Waals surface area contributed by atoms with Crippen molar-refractivity contribution in [3.05, 3.63) is 94.6 Å². The molecule has 2 nitrogen and oxygen atoms in total. The van der Waals surface area contributed by atoms with E-state index in [2.05, 4.69) is 0 Å². The summed E-state index contributed by atoms with van der Waals surface area (Å²) in [6, 6.07) is 17.0. The van der Waals surface area contributed by atoms with Gasteiger partial charge >= 0.3 is 0 Å². The number of halogens is 2. The zero-order chi connectivity index (χ0) is 17.6. The van der Waals surface area contributed by atoms with Crippen LogP contribution in [0.25, 0.3) is 11.1 Å². The molecule has 0 atom stereocenters. The van der Waals surface area contributed by atoms with Crippen molar-refractivity contribution < 1.29 is 19.0 Å². The van der Waals surface area contributed by atoms with Gasteiger partial charge in [0, 0.05) is 5.56 Å². The van der Waals surface area contributed by atoms with E-state index in [4.69, 9.17) is 0 Å². The summed E-state index contributed by atoms with van der Waals surface area (Å²) >= 11 is 0. The van der Waals surface area contributed by atoms with E-state index in [1.165, 1.54) is 6.07 Å². The van der Waals surface area contributed by atoms with Crippen LogP contribution in [0.1, 0.15) is 22.3 Å². The van der Waals surface area contributed by atoms with E-state index in [1.54, 1.807) is 24.3 Å². The van der Waals surface area contributed by atoms with Crippen molar-refractivity contribution in [3.8, 4) is 11.5 Å². The number of aromatic hydroxyl groups is 2. The molecule has 0 aliphatic heterocycles. The molecule has 0 heterocycles. The molecule has 0 fully saturated rings. The van der Waals surface area contributed by atoms with Crippen molar-refractivity contribution in [1.82, 2.24) is 0 Å². The molecule has 0 spiro atoms. The fourth-order valence-electron chi connectivity index (χ4n) is 3.33. The Balaban J connectivity index is 2.01. The quantitative estimate of drug-likeness (QED) is 0.699. The molecule has 1 aliphatic carbocycles. The van der Waals surface area contributed by atoms with E-state index in [0.29, 0.717) is 17.6 Å². The van der Waals surface area contributed by atoms with Crippen molar-refractivity contribution in [2.45, 2.75) is 6.42 Å². The van der Waals surface area contributed by atoms with Gasteiger partial charge in [-0.2, -0.15) is 0 Å². The average Bonchev–Trinajstić information content (AvgIpc) is 3.00. The molecular formula is C21H14F2O2. The zero-order valence-corrected chi connectivity index (χ0v) is 13.1. The number of rotatable bonds is 2. The second-order valence-electron chi connectivity index (χ2n) is 6.00. The minimum atomic E-state index is -0.962. The van der Waals surface area contributed by atoms with E-state index >= 15 is 0 Å². The smallest absolute Gasteiger partial charge is 0.188 e. The van der Waals surface area contributed by atoms with E-state index in [-0.39, 0.29) is 11.3 Å². The van der Waals surface area contributed by atoms with Crippen LogP contribution in [0.15, 0.2) is 60.7 Å². The van der Waals surface area contributed by atoms with Crippen LogP contribution in [0.2, 0.25) is 0 Å². The van der Waals surface area contributed by atoms with Crippen LogP contribution >= 0.6 is 0 Å². The van der Waals surface area contributed by atoms with Crippen LogP contribution in [0, 0.1) is 11.6 Å². The predicted octanol–water partition coefficient (Wildman–Crippen LogP) is 4.89. The van der Waals surface area contributed by atoms with Crippen molar-refractivity contribution in [2.75, 3.05) is 0 Å². The number of benzene rings is 3. The highest BCUT2D eigenvalue weighted by Crippen LogP contribution is 2.45. The summed E-state index contributed by atoms with van der Waals surface area (Å²) < 4.78 is 28.5. The maximum Gasteiger partial charge on any atom is 0.188 e. The molecule has 1 aliphatic rings. The molecule has 124 valence electrons. The van der Waals surface area contributed by atoms with Crippen LogP contribution in [0.4, 0.5) is 8.78 Å². The van der Waals surface area contributed by atoms with Gasteiger partial charge in [-0.3, -0.25) is 0 Å². The Morgan fingerprint density at radius 2 is 1.48 bits per heavy atom. The Hall–Kier alpha value is -3.14. The number of phenolic OH excluding ortho intramolecular Hbond substituents is 2. The molecule has 4 heteroatoms. The largest absolute Gasteiger partial charge is 0.508 e.